The molecule has 1 aliphatic heterocycles. The van der Waals surface area contributed by atoms with Gasteiger partial charge in [0.2, 0.25) is 0 Å². The highest BCUT2D eigenvalue weighted by Crippen LogP contribution is 2.22. The maximum atomic E-state index is 5.94. The highest BCUT2D eigenvalue weighted by atomic mass is 127. The van der Waals surface area contributed by atoms with Gasteiger partial charge in [0.05, 0.1) is 6.10 Å². The van der Waals surface area contributed by atoms with Crippen molar-refractivity contribution < 1.29 is 9.47 Å². The van der Waals surface area contributed by atoms with Gasteiger partial charge in [-0.1, -0.05) is 25.1 Å². The van der Waals surface area contributed by atoms with Crippen LogP contribution < -0.4 is 5.32 Å². The Balaban J connectivity index is 0.00000364. The molecular formula is C20H34IN3O2S. The zero-order valence-electron chi connectivity index (χ0n) is 16.7. The van der Waals surface area contributed by atoms with Crippen molar-refractivity contribution in [2.75, 3.05) is 47.0 Å². The molecule has 0 aliphatic carbocycles. The molecule has 1 N–H and O–H groups in total. The average molecular weight is 507 g/mol. The van der Waals surface area contributed by atoms with Crippen LogP contribution in [0.1, 0.15) is 26.2 Å². The average Bonchev–Trinajstić information content (AvgIpc) is 2.67. The fourth-order valence-corrected chi connectivity index (χ4v) is 3.97. The molecule has 1 aromatic carbocycles. The van der Waals surface area contributed by atoms with Crippen LogP contribution in [0.2, 0.25) is 0 Å². The van der Waals surface area contributed by atoms with Gasteiger partial charge in [-0.25, -0.2) is 0 Å². The van der Waals surface area contributed by atoms with Crippen LogP contribution in [-0.2, 0) is 9.47 Å². The van der Waals surface area contributed by atoms with Gasteiger partial charge in [-0.3, -0.25) is 4.99 Å². The van der Waals surface area contributed by atoms with Gasteiger partial charge >= 0.3 is 0 Å². The number of nitrogens with one attached hydrogen (secondary N) is 1. The molecule has 0 spiro atoms. The van der Waals surface area contributed by atoms with E-state index in [1.54, 1.807) is 7.11 Å². The van der Waals surface area contributed by atoms with Gasteiger partial charge in [0.25, 0.3) is 0 Å². The Bertz CT molecular complexity index is 525. The fraction of sp³-hybridized carbons (Fsp3) is 0.650. The quantitative estimate of drug-likeness (QED) is 0.181. The summed E-state index contributed by atoms with van der Waals surface area (Å²) in [6.07, 6.45) is 3.45. The third-order valence-corrected chi connectivity index (χ3v) is 5.54. The van der Waals surface area contributed by atoms with Gasteiger partial charge in [-0.05, 0) is 31.4 Å². The van der Waals surface area contributed by atoms with E-state index in [0.717, 1.165) is 58.1 Å². The number of hydrogen-bond donors (Lipinski definition) is 1. The van der Waals surface area contributed by atoms with Crippen molar-refractivity contribution in [2.24, 2.45) is 4.99 Å². The molecule has 1 aromatic rings. The molecule has 7 heteroatoms. The van der Waals surface area contributed by atoms with Crippen LogP contribution in [0.3, 0.4) is 0 Å². The summed E-state index contributed by atoms with van der Waals surface area (Å²) < 4.78 is 11.0. The summed E-state index contributed by atoms with van der Waals surface area (Å²) in [6.45, 7) is 6.70. The first kappa shape index (κ1) is 24.5. The SMILES string of the molecule is CN=C(NCC(C)Sc1ccccc1)N1CCC(OCCCOC)CC1.I. The van der Waals surface area contributed by atoms with Crippen LogP contribution >= 0.6 is 35.7 Å². The van der Waals surface area contributed by atoms with Gasteiger partial charge in [-0.15, -0.1) is 35.7 Å². The van der Waals surface area contributed by atoms with Gasteiger partial charge in [0.15, 0.2) is 5.96 Å². The molecule has 154 valence electrons. The summed E-state index contributed by atoms with van der Waals surface area (Å²) >= 11 is 1.89. The minimum atomic E-state index is 0. The van der Waals surface area contributed by atoms with Crippen LogP contribution in [0.5, 0.6) is 0 Å². The molecule has 27 heavy (non-hydrogen) atoms. The predicted octanol–water partition coefficient (Wildman–Crippen LogP) is 3.88. The lowest BCUT2D eigenvalue weighted by atomic mass is 10.1. The lowest BCUT2D eigenvalue weighted by molar-refractivity contribution is 0.00991. The second-order valence-electron chi connectivity index (χ2n) is 6.57. The minimum absolute atomic E-state index is 0. The molecule has 1 unspecified atom stereocenters. The number of piperidine rings is 1. The number of nitrogens with zero attached hydrogens (tertiary/aromatic N) is 2. The molecule has 1 atom stereocenters. The molecule has 5 nitrogen and oxygen atoms in total. The highest BCUT2D eigenvalue weighted by Gasteiger charge is 2.22. The van der Waals surface area contributed by atoms with Gasteiger partial charge in [0.1, 0.15) is 0 Å². The Morgan fingerprint density at radius 2 is 1.96 bits per heavy atom. The number of rotatable bonds is 9. The Labute approximate surface area is 185 Å². The molecule has 0 saturated carbocycles. The third-order valence-electron chi connectivity index (χ3n) is 4.43. The first-order chi connectivity index (χ1) is 12.7. The molecule has 0 radical (unpaired) electrons. The van der Waals surface area contributed by atoms with E-state index in [9.17, 15) is 0 Å². The van der Waals surface area contributed by atoms with Crippen molar-refractivity contribution in [3.8, 4) is 0 Å². The first-order valence-corrected chi connectivity index (χ1v) is 10.4. The van der Waals surface area contributed by atoms with E-state index < -0.39 is 0 Å². The number of benzene rings is 1. The van der Waals surface area contributed by atoms with Gasteiger partial charge in [-0.2, -0.15) is 0 Å². The largest absolute Gasteiger partial charge is 0.385 e. The van der Waals surface area contributed by atoms with Crippen molar-refractivity contribution in [1.82, 2.24) is 10.2 Å². The van der Waals surface area contributed by atoms with E-state index in [1.807, 2.05) is 18.8 Å². The van der Waals surface area contributed by atoms with Crippen molar-refractivity contribution in [2.45, 2.75) is 42.4 Å². The Kier molecular flexibility index (Phi) is 13.2. The molecule has 2 rings (SSSR count). The van der Waals surface area contributed by atoms with Crippen LogP contribution in [0, 0.1) is 0 Å². The molecule has 1 fully saturated rings. The van der Waals surface area contributed by atoms with Gasteiger partial charge < -0.3 is 19.7 Å². The third kappa shape index (κ3) is 9.49. The van der Waals surface area contributed by atoms with Crippen molar-refractivity contribution in [3.05, 3.63) is 30.3 Å². The normalized spacial score (nSPS) is 16.7. The maximum Gasteiger partial charge on any atom is 0.193 e. The number of methoxy groups -OCH3 is 1. The van der Waals surface area contributed by atoms with E-state index in [-0.39, 0.29) is 24.0 Å². The van der Waals surface area contributed by atoms with E-state index in [4.69, 9.17) is 9.47 Å². The number of hydrogen-bond acceptors (Lipinski definition) is 4. The smallest absolute Gasteiger partial charge is 0.193 e. The highest BCUT2D eigenvalue weighted by molar-refractivity contribution is 14.0. The summed E-state index contributed by atoms with van der Waals surface area (Å²) in [4.78, 5) is 8.12. The van der Waals surface area contributed by atoms with E-state index in [1.165, 1.54) is 4.90 Å². The van der Waals surface area contributed by atoms with Crippen LogP contribution in [-0.4, -0.2) is 69.2 Å². The number of thioether (sulfide) groups is 1. The fourth-order valence-electron chi connectivity index (χ4n) is 3.03. The summed E-state index contributed by atoms with van der Waals surface area (Å²) in [7, 11) is 3.60. The molecule has 1 heterocycles. The zero-order valence-corrected chi connectivity index (χ0v) is 19.9. The van der Waals surface area contributed by atoms with Gasteiger partial charge in [0, 0.05) is 57.2 Å². The first-order valence-electron chi connectivity index (χ1n) is 9.50. The summed E-state index contributed by atoms with van der Waals surface area (Å²) in [6, 6.07) is 10.5. The molecule has 1 saturated heterocycles. The van der Waals surface area contributed by atoms with E-state index in [2.05, 4.69) is 52.5 Å². The molecule has 0 bridgehead atoms. The summed E-state index contributed by atoms with van der Waals surface area (Å²) in [5, 5.41) is 4.01. The Hall–Kier alpha value is -0.510. The van der Waals surface area contributed by atoms with Crippen LogP contribution in [0.4, 0.5) is 0 Å². The van der Waals surface area contributed by atoms with Crippen molar-refractivity contribution in [1.29, 1.82) is 0 Å². The monoisotopic (exact) mass is 507 g/mol. The zero-order chi connectivity index (χ0) is 18.6. The summed E-state index contributed by atoms with van der Waals surface area (Å²) in [5.41, 5.74) is 0. The van der Waals surface area contributed by atoms with Crippen LogP contribution in [0.15, 0.2) is 40.2 Å². The lowest BCUT2D eigenvalue weighted by Crippen LogP contribution is -2.48. The molecule has 1 aliphatic rings. The van der Waals surface area contributed by atoms with Crippen molar-refractivity contribution in [3.63, 3.8) is 0 Å². The minimum Gasteiger partial charge on any atom is -0.385 e. The molecule has 0 amide bonds. The Morgan fingerprint density at radius 1 is 1.26 bits per heavy atom. The standard InChI is InChI=1S/C20H33N3O2S.HI/c1-17(26-19-8-5-4-6-9-19)16-22-20(21-2)23-12-10-18(11-13-23)25-15-7-14-24-3;/h4-6,8-9,17-18H,7,10-16H2,1-3H3,(H,21,22);1H. The van der Waals surface area contributed by atoms with E-state index >= 15 is 0 Å². The number of ether oxygens (including phenoxy) is 2. The van der Waals surface area contributed by atoms with E-state index in [0.29, 0.717) is 11.4 Å². The van der Waals surface area contributed by atoms with Crippen LogP contribution in [0.25, 0.3) is 0 Å². The van der Waals surface area contributed by atoms with Crippen molar-refractivity contribution >= 4 is 41.7 Å². The lowest BCUT2D eigenvalue weighted by Gasteiger charge is -2.34. The molecular weight excluding hydrogens is 473 g/mol. The second-order valence-corrected chi connectivity index (χ2v) is 8.09. The summed E-state index contributed by atoms with van der Waals surface area (Å²) in [5.74, 6) is 1.00. The predicted molar refractivity (Wildman–Crippen MR) is 126 cm³/mol. The Morgan fingerprint density at radius 3 is 2.59 bits per heavy atom. The number of aliphatic imine (C=N–C) groups is 1. The molecule has 0 aromatic heterocycles. The number of likely N-dealkylation sites (tertiary alicyclic amines) is 1. The number of halogens is 1. The second kappa shape index (κ2) is 14.5. The maximum absolute atomic E-state index is 5.94. The topological polar surface area (TPSA) is 46.1 Å². The number of guanidine groups is 1.